The Morgan fingerprint density at radius 1 is 1.39 bits per heavy atom. The van der Waals surface area contributed by atoms with Crippen molar-refractivity contribution in [3.05, 3.63) is 22.4 Å². The number of nitrogens with one attached hydrogen (secondary N) is 2. The van der Waals surface area contributed by atoms with E-state index in [2.05, 4.69) is 63.7 Å². The molecule has 0 amide bonds. The molecule has 1 aliphatic heterocycles. The smallest absolute Gasteiger partial charge is 0.191 e. The van der Waals surface area contributed by atoms with Crippen molar-refractivity contribution < 1.29 is 0 Å². The molecule has 160 valence electrons. The minimum atomic E-state index is 0.448. The summed E-state index contributed by atoms with van der Waals surface area (Å²) in [5.74, 6) is 1.65. The van der Waals surface area contributed by atoms with Crippen LogP contribution in [-0.4, -0.2) is 68.1 Å². The van der Waals surface area contributed by atoms with Gasteiger partial charge in [-0.25, -0.2) is 0 Å². The fourth-order valence-electron chi connectivity index (χ4n) is 3.99. The summed E-state index contributed by atoms with van der Waals surface area (Å²) in [5, 5.41) is 9.33. The van der Waals surface area contributed by atoms with E-state index in [1.54, 1.807) is 0 Å². The molecule has 0 radical (unpaired) electrons. The summed E-state index contributed by atoms with van der Waals surface area (Å²) in [6, 6.07) is 4.85. The molecule has 2 unspecified atom stereocenters. The van der Waals surface area contributed by atoms with Crippen molar-refractivity contribution in [1.82, 2.24) is 20.4 Å². The molecule has 1 aromatic rings. The van der Waals surface area contributed by atoms with E-state index in [1.807, 2.05) is 18.4 Å². The van der Waals surface area contributed by atoms with Crippen LogP contribution in [0.25, 0.3) is 0 Å². The number of thiophene rings is 1. The molecule has 2 N–H and O–H groups in total. The van der Waals surface area contributed by atoms with Crippen molar-refractivity contribution in [1.29, 1.82) is 0 Å². The van der Waals surface area contributed by atoms with Crippen molar-refractivity contribution in [2.24, 2.45) is 10.9 Å². The van der Waals surface area contributed by atoms with Crippen LogP contribution in [0, 0.1) is 5.92 Å². The number of nitrogens with zero attached hydrogens (tertiary/aromatic N) is 3. The third kappa shape index (κ3) is 8.50. The van der Waals surface area contributed by atoms with Crippen molar-refractivity contribution in [2.75, 3.05) is 46.3 Å². The van der Waals surface area contributed by atoms with Gasteiger partial charge in [-0.05, 0) is 76.2 Å². The van der Waals surface area contributed by atoms with Gasteiger partial charge in [0.25, 0.3) is 0 Å². The van der Waals surface area contributed by atoms with Gasteiger partial charge >= 0.3 is 0 Å². The molecule has 5 nitrogen and oxygen atoms in total. The summed E-state index contributed by atoms with van der Waals surface area (Å²) in [6.45, 7) is 14.7. The summed E-state index contributed by atoms with van der Waals surface area (Å²) in [4.78, 5) is 11.0. The van der Waals surface area contributed by atoms with E-state index < -0.39 is 0 Å². The molecule has 0 aliphatic carbocycles. The zero-order chi connectivity index (χ0) is 20.2. The van der Waals surface area contributed by atoms with Crippen LogP contribution in [0.5, 0.6) is 0 Å². The Hall–Kier alpha value is -1.11. The number of piperidine rings is 1. The number of rotatable bonds is 11. The van der Waals surface area contributed by atoms with Crippen molar-refractivity contribution in [2.45, 2.75) is 59.0 Å². The monoisotopic (exact) mass is 407 g/mol. The number of likely N-dealkylation sites (tertiary alicyclic amines) is 1. The van der Waals surface area contributed by atoms with Crippen molar-refractivity contribution >= 4 is 17.3 Å². The minimum Gasteiger partial charge on any atom is -0.356 e. The first-order chi connectivity index (χ1) is 13.6. The molecule has 6 heteroatoms. The highest BCUT2D eigenvalue weighted by molar-refractivity contribution is 7.09. The van der Waals surface area contributed by atoms with Crippen LogP contribution >= 0.6 is 11.3 Å². The number of aliphatic imine (C=N–C) groups is 1. The van der Waals surface area contributed by atoms with Crippen LogP contribution in [0.2, 0.25) is 0 Å². The molecule has 0 aromatic carbocycles. The van der Waals surface area contributed by atoms with Crippen molar-refractivity contribution in [3.8, 4) is 0 Å². The first kappa shape index (κ1) is 23.2. The SMILES string of the molecule is CCN(CC)CCCC(C)NC(=NC)NCC1CCCN(Cc2cccs2)C1. The standard InChI is InChI=1S/C22H41N5S/c1-5-26(6-2)13-7-10-19(3)25-22(23-4)24-16-20-11-8-14-27(17-20)18-21-12-9-15-28-21/h9,12,15,19-20H,5-8,10-11,13-14,16-18H2,1-4H3,(H2,23,24,25). The molecule has 1 aliphatic rings. The fraction of sp³-hybridized carbons (Fsp3) is 0.773. The van der Waals surface area contributed by atoms with Crippen LogP contribution in [0.4, 0.5) is 0 Å². The Balaban J connectivity index is 1.66. The topological polar surface area (TPSA) is 42.9 Å². The Bertz CT molecular complexity index is 541. The molecule has 2 heterocycles. The molecule has 0 spiro atoms. The molecule has 2 atom stereocenters. The van der Waals surface area contributed by atoms with Crippen LogP contribution < -0.4 is 10.6 Å². The summed E-state index contributed by atoms with van der Waals surface area (Å²) >= 11 is 1.87. The molecule has 2 rings (SSSR count). The molecule has 0 bridgehead atoms. The Morgan fingerprint density at radius 2 is 2.21 bits per heavy atom. The minimum absolute atomic E-state index is 0.448. The maximum atomic E-state index is 4.44. The second-order valence-electron chi connectivity index (χ2n) is 7.99. The predicted octanol–water partition coefficient (Wildman–Crippen LogP) is 3.64. The fourth-order valence-corrected chi connectivity index (χ4v) is 4.73. The van der Waals surface area contributed by atoms with Gasteiger partial charge in [-0.15, -0.1) is 11.3 Å². The lowest BCUT2D eigenvalue weighted by atomic mass is 9.98. The van der Waals surface area contributed by atoms with Crippen molar-refractivity contribution in [3.63, 3.8) is 0 Å². The lowest BCUT2D eigenvalue weighted by Gasteiger charge is -2.33. The molecule has 1 aromatic heterocycles. The average Bonchev–Trinajstić information content (AvgIpc) is 3.21. The second-order valence-corrected chi connectivity index (χ2v) is 9.02. The Labute approximate surface area is 176 Å². The van der Waals surface area contributed by atoms with Gasteiger partial charge in [0, 0.05) is 37.6 Å². The lowest BCUT2D eigenvalue weighted by molar-refractivity contribution is 0.169. The van der Waals surface area contributed by atoms with Crippen LogP contribution in [0.1, 0.15) is 51.3 Å². The zero-order valence-corrected chi connectivity index (χ0v) is 19.2. The third-order valence-corrected chi connectivity index (χ3v) is 6.59. The molecule has 1 fully saturated rings. The van der Waals surface area contributed by atoms with Crippen LogP contribution in [0.15, 0.2) is 22.5 Å². The highest BCUT2D eigenvalue weighted by Gasteiger charge is 2.20. The normalized spacial score (nSPS) is 19.8. The van der Waals surface area contributed by atoms with E-state index in [0.29, 0.717) is 12.0 Å². The van der Waals surface area contributed by atoms with E-state index in [0.717, 1.165) is 32.1 Å². The largest absolute Gasteiger partial charge is 0.356 e. The number of hydrogen-bond acceptors (Lipinski definition) is 4. The number of hydrogen-bond donors (Lipinski definition) is 2. The summed E-state index contributed by atoms with van der Waals surface area (Å²) in [6.07, 6.45) is 5.01. The van der Waals surface area contributed by atoms with E-state index in [-0.39, 0.29) is 0 Å². The van der Waals surface area contributed by atoms with Gasteiger partial charge in [-0.2, -0.15) is 0 Å². The third-order valence-electron chi connectivity index (χ3n) is 5.73. The Morgan fingerprint density at radius 3 is 2.89 bits per heavy atom. The first-order valence-electron chi connectivity index (χ1n) is 11.1. The van der Waals surface area contributed by atoms with Crippen LogP contribution in [0.3, 0.4) is 0 Å². The van der Waals surface area contributed by atoms with E-state index in [9.17, 15) is 0 Å². The summed E-state index contributed by atoms with van der Waals surface area (Å²) in [5.41, 5.74) is 0. The summed E-state index contributed by atoms with van der Waals surface area (Å²) < 4.78 is 0. The van der Waals surface area contributed by atoms with Gasteiger partial charge in [0.1, 0.15) is 0 Å². The van der Waals surface area contributed by atoms with Gasteiger partial charge in [0.05, 0.1) is 0 Å². The highest BCUT2D eigenvalue weighted by atomic mass is 32.1. The van der Waals surface area contributed by atoms with Gasteiger partial charge in [0.2, 0.25) is 0 Å². The van der Waals surface area contributed by atoms with E-state index >= 15 is 0 Å². The van der Waals surface area contributed by atoms with Gasteiger partial charge in [0.15, 0.2) is 5.96 Å². The van der Waals surface area contributed by atoms with Gasteiger partial charge in [-0.1, -0.05) is 19.9 Å². The molecular weight excluding hydrogens is 366 g/mol. The lowest BCUT2D eigenvalue weighted by Crippen LogP contribution is -2.46. The zero-order valence-electron chi connectivity index (χ0n) is 18.4. The van der Waals surface area contributed by atoms with Gasteiger partial charge < -0.3 is 15.5 Å². The molecule has 1 saturated heterocycles. The summed E-state index contributed by atoms with van der Waals surface area (Å²) in [7, 11) is 1.88. The Kier molecular flexibility index (Phi) is 10.9. The predicted molar refractivity (Wildman–Crippen MR) is 123 cm³/mol. The molecular formula is C22H41N5S. The molecule has 28 heavy (non-hydrogen) atoms. The number of guanidine groups is 1. The highest BCUT2D eigenvalue weighted by Crippen LogP contribution is 2.19. The van der Waals surface area contributed by atoms with E-state index in [1.165, 1.54) is 50.2 Å². The maximum Gasteiger partial charge on any atom is 0.191 e. The first-order valence-corrected chi connectivity index (χ1v) is 12.0. The molecule has 0 saturated carbocycles. The maximum absolute atomic E-state index is 4.44. The van der Waals surface area contributed by atoms with Gasteiger partial charge in [-0.3, -0.25) is 9.89 Å². The average molecular weight is 408 g/mol. The van der Waals surface area contributed by atoms with E-state index in [4.69, 9.17) is 0 Å². The second kappa shape index (κ2) is 13.2. The quantitative estimate of drug-likeness (QED) is 0.434. The van der Waals surface area contributed by atoms with Crippen LogP contribution in [-0.2, 0) is 6.54 Å².